The van der Waals surface area contributed by atoms with Crippen molar-refractivity contribution < 1.29 is 9.21 Å². The number of furan rings is 1. The third-order valence-corrected chi connectivity index (χ3v) is 4.18. The highest BCUT2D eigenvalue weighted by atomic mass is 16.3. The zero-order chi connectivity index (χ0) is 16.7. The highest BCUT2D eigenvalue weighted by molar-refractivity contribution is 5.77. The van der Waals surface area contributed by atoms with Crippen LogP contribution in [-0.4, -0.2) is 11.4 Å². The van der Waals surface area contributed by atoms with Gasteiger partial charge in [0.1, 0.15) is 17.1 Å². The number of hydrogen-bond acceptors (Lipinski definition) is 2. The maximum Gasteiger partial charge on any atom is 0.221 e. The summed E-state index contributed by atoms with van der Waals surface area (Å²) in [6.07, 6.45) is 7.95. The van der Waals surface area contributed by atoms with Crippen LogP contribution >= 0.6 is 0 Å². The molecule has 0 unspecified atom stereocenters. The van der Waals surface area contributed by atoms with E-state index in [-0.39, 0.29) is 5.91 Å². The summed E-state index contributed by atoms with van der Waals surface area (Å²) in [5.74, 6) is 4.30. The van der Waals surface area contributed by atoms with Gasteiger partial charge in [0, 0.05) is 18.4 Å². The van der Waals surface area contributed by atoms with Gasteiger partial charge in [-0.1, -0.05) is 50.1 Å². The molecule has 0 saturated carbocycles. The van der Waals surface area contributed by atoms with Gasteiger partial charge in [-0.2, -0.15) is 0 Å². The molecule has 1 N–H and O–H groups in total. The largest absolute Gasteiger partial charge is 0.461 e. The monoisotopic (exact) mass is 309 g/mol. The molecule has 0 aliphatic heterocycles. The summed E-state index contributed by atoms with van der Waals surface area (Å²) < 4.78 is 5.81. The van der Waals surface area contributed by atoms with Crippen LogP contribution in [-0.2, 0) is 11.2 Å². The van der Waals surface area contributed by atoms with Crippen LogP contribution in [0, 0.1) is 12.3 Å². The lowest BCUT2D eigenvalue weighted by Crippen LogP contribution is -2.46. The van der Waals surface area contributed by atoms with E-state index in [1.54, 1.807) is 0 Å². The summed E-state index contributed by atoms with van der Waals surface area (Å²) >= 11 is 0. The van der Waals surface area contributed by atoms with Gasteiger partial charge < -0.3 is 9.73 Å². The number of benzene rings is 1. The number of hydrogen-bond donors (Lipinski definition) is 1. The van der Waals surface area contributed by atoms with E-state index in [2.05, 4.69) is 11.2 Å². The minimum atomic E-state index is -0.532. The summed E-state index contributed by atoms with van der Waals surface area (Å²) in [5.41, 5.74) is 0.502. The molecule has 120 valence electrons. The minimum absolute atomic E-state index is 0.0377. The molecule has 0 saturated heterocycles. The topological polar surface area (TPSA) is 42.2 Å². The van der Waals surface area contributed by atoms with Crippen molar-refractivity contribution in [3.05, 3.63) is 48.2 Å². The summed E-state index contributed by atoms with van der Waals surface area (Å²) in [6, 6.07) is 13.8. The molecule has 1 heterocycles. The molecular weight excluding hydrogens is 286 g/mol. The second-order valence-corrected chi connectivity index (χ2v) is 5.61. The molecule has 1 amide bonds. The number of aryl methyl sites for hydroxylation is 1. The van der Waals surface area contributed by atoms with Crippen LogP contribution in [0.4, 0.5) is 0 Å². The lowest BCUT2D eigenvalue weighted by atomic mass is 9.93. The van der Waals surface area contributed by atoms with E-state index < -0.39 is 5.54 Å². The number of carbonyl (C=O) groups is 1. The molecule has 3 heteroatoms. The predicted molar refractivity (Wildman–Crippen MR) is 92.8 cm³/mol. The lowest BCUT2D eigenvalue weighted by Gasteiger charge is -2.26. The van der Waals surface area contributed by atoms with Crippen molar-refractivity contribution in [2.24, 2.45) is 0 Å². The number of rotatable bonds is 7. The van der Waals surface area contributed by atoms with Gasteiger partial charge in [-0.3, -0.25) is 4.79 Å². The van der Waals surface area contributed by atoms with E-state index in [1.165, 1.54) is 0 Å². The minimum Gasteiger partial charge on any atom is -0.461 e. The van der Waals surface area contributed by atoms with Crippen LogP contribution < -0.4 is 5.32 Å². The highest BCUT2D eigenvalue weighted by Crippen LogP contribution is 2.22. The Morgan fingerprint density at radius 2 is 1.87 bits per heavy atom. The van der Waals surface area contributed by atoms with Gasteiger partial charge in [0.25, 0.3) is 0 Å². The molecule has 0 bridgehead atoms. The van der Waals surface area contributed by atoms with Gasteiger partial charge in [-0.05, 0) is 25.0 Å². The van der Waals surface area contributed by atoms with Gasteiger partial charge in [0.05, 0.1) is 0 Å². The van der Waals surface area contributed by atoms with Crippen LogP contribution in [0.1, 0.15) is 38.9 Å². The van der Waals surface area contributed by atoms with Crippen molar-refractivity contribution in [3.8, 4) is 23.7 Å². The second-order valence-electron chi connectivity index (χ2n) is 5.61. The van der Waals surface area contributed by atoms with Crippen molar-refractivity contribution in [2.45, 2.75) is 45.1 Å². The molecule has 3 nitrogen and oxygen atoms in total. The Bertz CT molecular complexity index is 675. The van der Waals surface area contributed by atoms with E-state index in [0.29, 0.717) is 12.8 Å². The first kappa shape index (κ1) is 16.9. The molecule has 0 spiro atoms. The van der Waals surface area contributed by atoms with Gasteiger partial charge >= 0.3 is 0 Å². The Labute approximate surface area is 138 Å². The zero-order valence-corrected chi connectivity index (χ0v) is 13.8. The maximum atomic E-state index is 12.1. The van der Waals surface area contributed by atoms with E-state index >= 15 is 0 Å². The van der Waals surface area contributed by atoms with E-state index in [9.17, 15) is 4.79 Å². The summed E-state index contributed by atoms with van der Waals surface area (Å²) in [4.78, 5) is 12.1. The van der Waals surface area contributed by atoms with Crippen molar-refractivity contribution in [1.82, 2.24) is 5.32 Å². The van der Waals surface area contributed by atoms with Crippen LogP contribution in [0.15, 0.2) is 46.9 Å². The van der Waals surface area contributed by atoms with E-state index in [1.807, 2.05) is 56.3 Å². The average molecular weight is 309 g/mol. The molecule has 0 aliphatic carbocycles. The van der Waals surface area contributed by atoms with E-state index in [0.717, 1.165) is 29.9 Å². The molecule has 2 aromatic rings. The maximum absolute atomic E-state index is 12.1. The molecule has 2 rings (SSSR count). The molecule has 1 aromatic heterocycles. The summed E-state index contributed by atoms with van der Waals surface area (Å²) in [7, 11) is 0. The Morgan fingerprint density at radius 1 is 1.17 bits per heavy atom. The first-order valence-electron chi connectivity index (χ1n) is 8.05. The van der Waals surface area contributed by atoms with E-state index in [4.69, 9.17) is 10.8 Å². The van der Waals surface area contributed by atoms with Crippen molar-refractivity contribution in [3.63, 3.8) is 0 Å². The summed E-state index contributed by atoms with van der Waals surface area (Å²) in [6.45, 7) is 3.98. The summed E-state index contributed by atoms with van der Waals surface area (Å²) in [5, 5.41) is 2.97. The molecule has 0 atom stereocenters. The quantitative estimate of drug-likeness (QED) is 0.779. The fraction of sp³-hybridized carbons (Fsp3) is 0.350. The van der Waals surface area contributed by atoms with Gasteiger partial charge in [0.15, 0.2) is 0 Å². The van der Waals surface area contributed by atoms with Crippen LogP contribution in [0.25, 0.3) is 11.3 Å². The smallest absolute Gasteiger partial charge is 0.221 e. The number of terminal acetylenes is 1. The van der Waals surface area contributed by atoms with Crippen molar-refractivity contribution in [2.75, 3.05) is 0 Å². The molecular formula is C20H23NO2. The SMILES string of the molecule is C#CC(CC)(CC)NC(=O)CCc1ccc(-c2ccccc2)o1. The van der Waals surface area contributed by atoms with Crippen molar-refractivity contribution in [1.29, 1.82) is 0 Å². The Kier molecular flexibility index (Phi) is 5.65. The second kappa shape index (κ2) is 7.69. The Hall–Kier alpha value is -2.47. The first-order valence-corrected chi connectivity index (χ1v) is 8.05. The van der Waals surface area contributed by atoms with Crippen LogP contribution in [0.5, 0.6) is 0 Å². The third-order valence-electron chi connectivity index (χ3n) is 4.18. The molecule has 0 aliphatic rings. The van der Waals surface area contributed by atoms with Gasteiger partial charge in [0.2, 0.25) is 5.91 Å². The lowest BCUT2D eigenvalue weighted by molar-refractivity contribution is -0.122. The zero-order valence-electron chi connectivity index (χ0n) is 13.8. The average Bonchev–Trinajstić information content (AvgIpc) is 3.08. The molecule has 0 fully saturated rings. The normalized spacial score (nSPS) is 11.0. The van der Waals surface area contributed by atoms with Crippen molar-refractivity contribution >= 4 is 5.91 Å². The highest BCUT2D eigenvalue weighted by Gasteiger charge is 2.25. The number of amides is 1. The first-order chi connectivity index (χ1) is 11.1. The Balaban J connectivity index is 1.93. The Morgan fingerprint density at radius 3 is 2.48 bits per heavy atom. The molecule has 23 heavy (non-hydrogen) atoms. The van der Waals surface area contributed by atoms with Crippen LogP contribution in [0.2, 0.25) is 0 Å². The van der Waals surface area contributed by atoms with Gasteiger partial charge in [-0.25, -0.2) is 0 Å². The fourth-order valence-corrected chi connectivity index (χ4v) is 2.50. The predicted octanol–water partition coefficient (Wildman–Crippen LogP) is 4.19. The number of nitrogens with one attached hydrogen (secondary N) is 1. The van der Waals surface area contributed by atoms with Gasteiger partial charge in [-0.15, -0.1) is 6.42 Å². The fourth-order valence-electron chi connectivity index (χ4n) is 2.50. The number of carbonyl (C=O) groups excluding carboxylic acids is 1. The third kappa shape index (κ3) is 4.26. The van der Waals surface area contributed by atoms with Crippen LogP contribution in [0.3, 0.4) is 0 Å². The standard InChI is InChI=1S/C20H23NO2/c1-4-20(5-2,6-3)21-19(22)15-13-17-12-14-18(23-17)16-10-8-7-9-11-16/h1,7-12,14H,5-6,13,15H2,2-3H3,(H,21,22). The molecule has 0 radical (unpaired) electrons. The molecule has 1 aromatic carbocycles.